The highest BCUT2D eigenvalue weighted by molar-refractivity contribution is 7.90. The van der Waals surface area contributed by atoms with Crippen molar-refractivity contribution in [2.24, 2.45) is 0 Å². The number of anilines is 1. The maximum absolute atomic E-state index is 12.3. The van der Waals surface area contributed by atoms with Gasteiger partial charge in [-0.15, -0.1) is 0 Å². The molecule has 6 nitrogen and oxygen atoms in total. The zero-order chi connectivity index (χ0) is 17.2. The van der Waals surface area contributed by atoms with Crippen LogP contribution >= 0.6 is 0 Å². The molecule has 2 aliphatic rings. The smallest absolute Gasteiger partial charge is 0.238 e. The maximum atomic E-state index is 12.3. The first-order valence-electron chi connectivity index (χ1n) is 8.39. The molecule has 1 N–H and O–H groups in total. The lowest BCUT2D eigenvalue weighted by Crippen LogP contribution is -2.54. The van der Waals surface area contributed by atoms with Gasteiger partial charge in [0.2, 0.25) is 5.91 Å². The van der Waals surface area contributed by atoms with E-state index < -0.39 is 9.84 Å². The van der Waals surface area contributed by atoms with E-state index in [1.54, 1.807) is 12.1 Å². The van der Waals surface area contributed by atoms with Gasteiger partial charge < -0.3 is 10.1 Å². The Morgan fingerprint density at radius 3 is 2.67 bits per heavy atom. The highest BCUT2D eigenvalue weighted by Gasteiger charge is 2.34. The molecule has 2 fully saturated rings. The van der Waals surface area contributed by atoms with E-state index >= 15 is 0 Å². The molecule has 0 radical (unpaired) electrons. The molecule has 1 saturated heterocycles. The van der Waals surface area contributed by atoms with E-state index in [1.165, 1.54) is 31.2 Å². The number of ether oxygens (including phenoxy) is 1. The highest BCUT2D eigenvalue weighted by atomic mass is 32.2. The van der Waals surface area contributed by atoms with E-state index in [0.717, 1.165) is 19.4 Å². The van der Waals surface area contributed by atoms with Crippen LogP contribution in [0.2, 0.25) is 0 Å². The molecule has 3 rings (SSSR count). The molecule has 2 atom stereocenters. The average Bonchev–Trinajstić information content (AvgIpc) is 2.55. The van der Waals surface area contributed by atoms with Crippen molar-refractivity contribution in [2.45, 2.75) is 42.7 Å². The van der Waals surface area contributed by atoms with Gasteiger partial charge in [-0.2, -0.15) is 0 Å². The predicted molar refractivity (Wildman–Crippen MR) is 91.8 cm³/mol. The Kier molecular flexibility index (Phi) is 5.22. The molecule has 1 aromatic rings. The first kappa shape index (κ1) is 17.4. The molecule has 1 amide bonds. The molecule has 132 valence electrons. The van der Waals surface area contributed by atoms with Crippen LogP contribution in [0.1, 0.15) is 25.7 Å². The molecule has 1 aliphatic carbocycles. The molecule has 24 heavy (non-hydrogen) atoms. The SMILES string of the molecule is CS(=O)(=O)c1ccc(NC(=O)CN2CCOC3CCCCC32)cc1. The molecule has 2 unspecified atom stereocenters. The van der Waals surface area contributed by atoms with Gasteiger partial charge >= 0.3 is 0 Å². The molecule has 0 spiro atoms. The lowest BCUT2D eigenvalue weighted by Gasteiger charge is -2.43. The van der Waals surface area contributed by atoms with Crippen molar-refractivity contribution >= 4 is 21.4 Å². The summed E-state index contributed by atoms with van der Waals surface area (Å²) in [6.45, 7) is 1.80. The number of fused-ring (bicyclic) bond motifs is 1. The Morgan fingerprint density at radius 2 is 1.96 bits per heavy atom. The van der Waals surface area contributed by atoms with Gasteiger partial charge in [0, 0.05) is 24.5 Å². The number of carbonyl (C=O) groups excluding carboxylic acids is 1. The van der Waals surface area contributed by atoms with Gasteiger partial charge in [-0.3, -0.25) is 9.69 Å². The van der Waals surface area contributed by atoms with Gasteiger partial charge in [-0.05, 0) is 37.1 Å². The van der Waals surface area contributed by atoms with Crippen LogP contribution in [-0.4, -0.2) is 57.3 Å². The summed E-state index contributed by atoms with van der Waals surface area (Å²) in [4.78, 5) is 14.8. The Balaban J connectivity index is 1.59. The van der Waals surface area contributed by atoms with Crippen molar-refractivity contribution in [3.63, 3.8) is 0 Å². The number of nitrogens with one attached hydrogen (secondary N) is 1. The average molecular weight is 352 g/mol. The normalized spacial score (nSPS) is 25.0. The van der Waals surface area contributed by atoms with Crippen molar-refractivity contribution in [3.8, 4) is 0 Å². The van der Waals surface area contributed by atoms with Crippen molar-refractivity contribution in [1.29, 1.82) is 0 Å². The molecule has 0 aromatic heterocycles. The van der Waals surface area contributed by atoms with E-state index in [0.29, 0.717) is 24.9 Å². The fraction of sp³-hybridized carbons (Fsp3) is 0.588. The van der Waals surface area contributed by atoms with Gasteiger partial charge in [0.05, 0.1) is 24.2 Å². The fourth-order valence-electron chi connectivity index (χ4n) is 3.54. The minimum absolute atomic E-state index is 0.0756. The first-order chi connectivity index (χ1) is 11.4. The standard InChI is InChI=1S/C17H24N2O4S/c1-24(21,22)14-8-6-13(7-9-14)18-17(20)12-19-10-11-23-16-5-3-2-4-15(16)19/h6-9,15-16H,2-5,10-12H2,1H3,(H,18,20). The zero-order valence-corrected chi connectivity index (χ0v) is 14.7. The van der Waals surface area contributed by atoms with E-state index in [4.69, 9.17) is 4.74 Å². The largest absolute Gasteiger partial charge is 0.375 e. The molecular formula is C17H24N2O4S. The van der Waals surface area contributed by atoms with Crippen LogP contribution in [0.25, 0.3) is 0 Å². The maximum Gasteiger partial charge on any atom is 0.238 e. The second kappa shape index (κ2) is 7.21. The number of carbonyl (C=O) groups is 1. The van der Waals surface area contributed by atoms with Gasteiger partial charge in [-0.25, -0.2) is 8.42 Å². The van der Waals surface area contributed by atoms with E-state index in [9.17, 15) is 13.2 Å². The van der Waals surface area contributed by atoms with Gasteiger partial charge in [0.1, 0.15) is 0 Å². The third-order valence-corrected chi connectivity index (χ3v) is 5.89. The summed E-state index contributed by atoms with van der Waals surface area (Å²) >= 11 is 0. The third kappa shape index (κ3) is 4.15. The molecular weight excluding hydrogens is 328 g/mol. The molecule has 1 saturated carbocycles. The lowest BCUT2D eigenvalue weighted by atomic mass is 9.90. The van der Waals surface area contributed by atoms with E-state index in [2.05, 4.69) is 10.2 Å². The van der Waals surface area contributed by atoms with Crippen LogP contribution in [0.5, 0.6) is 0 Å². The predicted octanol–water partition coefficient (Wildman–Crippen LogP) is 1.67. The van der Waals surface area contributed by atoms with Crippen molar-refractivity contribution < 1.29 is 17.9 Å². The molecule has 1 aliphatic heterocycles. The summed E-state index contributed by atoms with van der Waals surface area (Å²) in [6, 6.07) is 6.60. The number of rotatable bonds is 4. The summed E-state index contributed by atoms with van der Waals surface area (Å²) in [5, 5.41) is 2.85. The summed E-state index contributed by atoms with van der Waals surface area (Å²) < 4.78 is 28.7. The second-order valence-corrected chi connectivity index (χ2v) is 8.59. The number of nitrogens with zero attached hydrogens (tertiary/aromatic N) is 1. The van der Waals surface area contributed by atoms with Crippen LogP contribution < -0.4 is 5.32 Å². The van der Waals surface area contributed by atoms with Crippen LogP contribution in [0.15, 0.2) is 29.2 Å². The Labute approximate surface area is 143 Å². The highest BCUT2D eigenvalue weighted by Crippen LogP contribution is 2.28. The van der Waals surface area contributed by atoms with Crippen molar-refractivity contribution in [1.82, 2.24) is 4.90 Å². The topological polar surface area (TPSA) is 75.7 Å². The Morgan fingerprint density at radius 1 is 1.25 bits per heavy atom. The Bertz CT molecular complexity index is 685. The second-order valence-electron chi connectivity index (χ2n) is 6.58. The van der Waals surface area contributed by atoms with Crippen LogP contribution in [0, 0.1) is 0 Å². The quantitative estimate of drug-likeness (QED) is 0.892. The van der Waals surface area contributed by atoms with E-state index in [1.807, 2.05) is 0 Å². The van der Waals surface area contributed by atoms with Crippen molar-refractivity contribution in [2.75, 3.05) is 31.3 Å². The van der Waals surface area contributed by atoms with Crippen LogP contribution in [-0.2, 0) is 19.4 Å². The Hall–Kier alpha value is -1.44. The monoisotopic (exact) mass is 352 g/mol. The molecule has 1 heterocycles. The minimum atomic E-state index is -3.22. The van der Waals surface area contributed by atoms with Crippen LogP contribution in [0.3, 0.4) is 0 Å². The first-order valence-corrected chi connectivity index (χ1v) is 10.3. The van der Waals surface area contributed by atoms with Crippen molar-refractivity contribution in [3.05, 3.63) is 24.3 Å². The number of hydrogen-bond donors (Lipinski definition) is 1. The number of morpholine rings is 1. The van der Waals surface area contributed by atoms with Gasteiger partial charge in [-0.1, -0.05) is 12.8 Å². The molecule has 1 aromatic carbocycles. The van der Waals surface area contributed by atoms with Gasteiger partial charge in [0.15, 0.2) is 9.84 Å². The molecule has 7 heteroatoms. The minimum Gasteiger partial charge on any atom is -0.375 e. The third-order valence-electron chi connectivity index (χ3n) is 4.76. The van der Waals surface area contributed by atoms with E-state index in [-0.39, 0.29) is 16.9 Å². The summed E-state index contributed by atoms with van der Waals surface area (Å²) in [5.74, 6) is -0.0756. The number of hydrogen-bond acceptors (Lipinski definition) is 5. The summed E-state index contributed by atoms with van der Waals surface area (Å²) in [6.07, 6.45) is 5.98. The lowest BCUT2D eigenvalue weighted by molar-refractivity contribution is -0.124. The van der Waals surface area contributed by atoms with Gasteiger partial charge in [0.25, 0.3) is 0 Å². The number of amides is 1. The summed E-state index contributed by atoms with van der Waals surface area (Å²) in [7, 11) is -3.22. The number of sulfone groups is 1. The zero-order valence-electron chi connectivity index (χ0n) is 13.9. The fourth-order valence-corrected chi connectivity index (χ4v) is 4.17. The summed E-state index contributed by atoms with van der Waals surface area (Å²) in [5.41, 5.74) is 0.612. The van der Waals surface area contributed by atoms with Crippen LogP contribution in [0.4, 0.5) is 5.69 Å². The number of benzene rings is 1. The molecule has 0 bridgehead atoms.